The number of phenols is 1. The molecule has 0 heterocycles. The Kier molecular flexibility index (Phi) is 18.6. The van der Waals surface area contributed by atoms with E-state index in [9.17, 15) is 39.0 Å². The number of amides is 5. The standard InChI is InChI=1S/C31H52N8O8/c1-18(2)15-23(37-28(43)22(8-4-6-14-33)36-27(42)21(34)7-3-5-13-32)29(44)38-24(17-26(35)41)30(45)39-25(31(46)47)16-19-9-11-20(40)12-10-19/h9-12,18,21-25,40H,3-8,13-17,32-34H2,1-2H3,(H2,35,41)(H,36,42)(H,37,43)(H,38,44)(H,39,45)(H,46,47)/t21-,22-,23-,24-,25-/m0/s1. The fourth-order valence-electron chi connectivity index (χ4n) is 4.68. The van der Waals surface area contributed by atoms with E-state index in [1.165, 1.54) is 24.3 Å². The number of unbranched alkanes of at least 4 members (excludes halogenated alkanes) is 2. The predicted octanol–water partition coefficient (Wildman–Crippen LogP) is -1.53. The summed E-state index contributed by atoms with van der Waals surface area (Å²) in [5, 5.41) is 29.3. The molecule has 1 rings (SSSR count). The van der Waals surface area contributed by atoms with Crippen molar-refractivity contribution in [3.8, 4) is 5.75 Å². The lowest BCUT2D eigenvalue weighted by Gasteiger charge is -2.27. The first kappa shape index (κ1) is 40.7. The van der Waals surface area contributed by atoms with Gasteiger partial charge in [-0.25, -0.2) is 4.79 Å². The zero-order chi connectivity index (χ0) is 35.5. The highest BCUT2D eigenvalue weighted by Crippen LogP contribution is 2.13. The van der Waals surface area contributed by atoms with Crippen molar-refractivity contribution < 1.29 is 39.0 Å². The topological polar surface area (TPSA) is 295 Å². The fraction of sp³-hybridized carbons (Fsp3) is 0.613. The maximum Gasteiger partial charge on any atom is 0.326 e. The molecule has 1 aromatic rings. The number of hydrogen-bond donors (Lipinski definition) is 10. The Balaban J connectivity index is 3.12. The van der Waals surface area contributed by atoms with Gasteiger partial charge in [0.15, 0.2) is 0 Å². The molecule has 0 saturated heterocycles. The number of aromatic hydroxyl groups is 1. The number of carboxylic acid groups (broad SMARTS) is 1. The smallest absolute Gasteiger partial charge is 0.326 e. The van der Waals surface area contributed by atoms with Gasteiger partial charge >= 0.3 is 5.97 Å². The highest BCUT2D eigenvalue weighted by atomic mass is 16.4. The molecule has 0 spiro atoms. The van der Waals surface area contributed by atoms with Crippen molar-refractivity contribution in [1.29, 1.82) is 0 Å². The molecule has 0 bridgehead atoms. The maximum absolute atomic E-state index is 13.5. The molecule has 5 atom stereocenters. The molecule has 1 aromatic carbocycles. The average molecular weight is 665 g/mol. The van der Waals surface area contributed by atoms with Gasteiger partial charge in [0, 0.05) is 6.42 Å². The summed E-state index contributed by atoms with van der Waals surface area (Å²) in [5.74, 6) is -5.43. The molecule has 5 amide bonds. The molecule has 0 aromatic heterocycles. The number of benzene rings is 1. The van der Waals surface area contributed by atoms with Crippen LogP contribution in [0.3, 0.4) is 0 Å². The summed E-state index contributed by atoms with van der Waals surface area (Å²) < 4.78 is 0. The second-order valence-electron chi connectivity index (χ2n) is 11.9. The first-order chi connectivity index (χ1) is 22.2. The summed E-state index contributed by atoms with van der Waals surface area (Å²) in [6, 6.07) is -0.380. The van der Waals surface area contributed by atoms with Crippen LogP contribution in [0.2, 0.25) is 0 Å². The predicted molar refractivity (Wildman–Crippen MR) is 174 cm³/mol. The van der Waals surface area contributed by atoms with Crippen LogP contribution in [-0.4, -0.2) is 89.0 Å². The molecule has 16 nitrogen and oxygen atoms in total. The molecule has 16 heteroatoms. The zero-order valence-corrected chi connectivity index (χ0v) is 27.2. The first-order valence-corrected chi connectivity index (χ1v) is 15.8. The van der Waals surface area contributed by atoms with Crippen molar-refractivity contribution in [2.45, 2.75) is 102 Å². The number of nitrogens with two attached hydrogens (primary N) is 4. The number of phenolic OH excluding ortho intramolecular Hbond substituents is 1. The van der Waals surface area contributed by atoms with E-state index in [1.807, 2.05) is 13.8 Å². The molecule has 47 heavy (non-hydrogen) atoms. The number of rotatable bonds is 23. The van der Waals surface area contributed by atoms with Gasteiger partial charge in [0.05, 0.1) is 12.5 Å². The molecule has 0 saturated carbocycles. The van der Waals surface area contributed by atoms with Gasteiger partial charge in [-0.3, -0.25) is 24.0 Å². The molecular formula is C31H52N8O8. The molecular weight excluding hydrogens is 612 g/mol. The van der Waals surface area contributed by atoms with E-state index in [0.29, 0.717) is 50.8 Å². The van der Waals surface area contributed by atoms with Crippen LogP contribution in [0, 0.1) is 5.92 Å². The van der Waals surface area contributed by atoms with E-state index in [4.69, 9.17) is 22.9 Å². The Hall–Kier alpha value is -4.28. The number of carbonyl (C=O) groups is 6. The molecule has 14 N–H and O–H groups in total. The summed E-state index contributed by atoms with van der Waals surface area (Å²) in [6.07, 6.45) is 2.35. The van der Waals surface area contributed by atoms with E-state index < -0.39 is 72.1 Å². The third-order valence-corrected chi connectivity index (χ3v) is 7.26. The summed E-state index contributed by atoms with van der Waals surface area (Å²) >= 11 is 0. The van der Waals surface area contributed by atoms with Gasteiger partial charge in [-0.2, -0.15) is 0 Å². The highest BCUT2D eigenvalue weighted by Gasteiger charge is 2.33. The monoisotopic (exact) mass is 664 g/mol. The van der Waals surface area contributed by atoms with Crippen LogP contribution in [0.4, 0.5) is 0 Å². The van der Waals surface area contributed by atoms with Gasteiger partial charge in [0.1, 0.15) is 29.9 Å². The van der Waals surface area contributed by atoms with E-state index in [-0.39, 0.29) is 30.9 Å². The average Bonchev–Trinajstić information content (AvgIpc) is 2.99. The van der Waals surface area contributed by atoms with E-state index in [0.717, 1.165) is 0 Å². The van der Waals surface area contributed by atoms with Gasteiger partial charge in [-0.05, 0) is 75.2 Å². The van der Waals surface area contributed by atoms with Crippen LogP contribution in [0.25, 0.3) is 0 Å². The minimum absolute atomic E-state index is 0.0249. The quantitative estimate of drug-likeness (QED) is 0.0598. The summed E-state index contributed by atoms with van der Waals surface area (Å²) in [4.78, 5) is 76.6. The van der Waals surface area contributed by atoms with Crippen molar-refractivity contribution >= 4 is 35.5 Å². The lowest BCUT2D eigenvalue weighted by molar-refractivity contribution is -0.142. The van der Waals surface area contributed by atoms with Crippen molar-refractivity contribution in [3.05, 3.63) is 29.8 Å². The third kappa shape index (κ3) is 16.2. The number of nitrogens with one attached hydrogen (secondary N) is 4. The Morgan fingerprint density at radius 2 is 1.19 bits per heavy atom. The number of carbonyl (C=O) groups excluding carboxylic acids is 5. The minimum atomic E-state index is -1.56. The number of aliphatic carboxylic acids is 1. The second kappa shape index (κ2) is 21.5. The third-order valence-electron chi connectivity index (χ3n) is 7.26. The molecule has 0 aliphatic rings. The van der Waals surface area contributed by atoms with E-state index in [2.05, 4.69) is 21.3 Å². The number of hydrogen-bond acceptors (Lipinski definition) is 10. The fourth-order valence-corrected chi connectivity index (χ4v) is 4.68. The molecule has 0 fully saturated rings. The summed E-state index contributed by atoms with van der Waals surface area (Å²) in [7, 11) is 0. The molecule has 0 aliphatic heterocycles. The van der Waals surface area contributed by atoms with Gasteiger partial charge in [0.2, 0.25) is 29.5 Å². The minimum Gasteiger partial charge on any atom is -0.508 e. The number of carboxylic acids is 1. The van der Waals surface area contributed by atoms with E-state index >= 15 is 0 Å². The normalized spacial score (nSPS) is 14.3. The molecule has 264 valence electrons. The molecule has 0 radical (unpaired) electrons. The molecule has 0 aliphatic carbocycles. The van der Waals surface area contributed by atoms with Gasteiger partial charge in [-0.15, -0.1) is 0 Å². The Morgan fingerprint density at radius 1 is 0.702 bits per heavy atom. The van der Waals surface area contributed by atoms with Gasteiger partial charge in [-0.1, -0.05) is 32.4 Å². The SMILES string of the molecule is CC(C)C[C@H](NC(=O)[C@H](CCCCN)NC(=O)[C@@H](N)CCCCN)C(=O)N[C@@H](CC(N)=O)C(=O)N[C@@H](Cc1ccc(O)cc1)C(=O)O. The Morgan fingerprint density at radius 3 is 1.72 bits per heavy atom. The lowest BCUT2D eigenvalue weighted by atomic mass is 10.0. The van der Waals surface area contributed by atoms with Gasteiger partial charge < -0.3 is 54.4 Å². The zero-order valence-electron chi connectivity index (χ0n) is 27.2. The van der Waals surface area contributed by atoms with Gasteiger partial charge in [0.25, 0.3) is 0 Å². The number of primary amides is 1. The summed E-state index contributed by atoms with van der Waals surface area (Å²) in [5.41, 5.74) is 22.9. The van der Waals surface area contributed by atoms with Crippen molar-refractivity contribution in [3.63, 3.8) is 0 Å². The van der Waals surface area contributed by atoms with Crippen molar-refractivity contribution in [2.24, 2.45) is 28.9 Å². The van der Waals surface area contributed by atoms with Crippen LogP contribution < -0.4 is 44.2 Å². The van der Waals surface area contributed by atoms with Crippen LogP contribution in [0.5, 0.6) is 5.75 Å². The van der Waals surface area contributed by atoms with Crippen LogP contribution in [0.1, 0.15) is 70.8 Å². The lowest BCUT2D eigenvalue weighted by Crippen LogP contribution is -2.59. The van der Waals surface area contributed by atoms with Crippen LogP contribution >= 0.6 is 0 Å². The Bertz CT molecular complexity index is 1180. The maximum atomic E-state index is 13.5. The van der Waals surface area contributed by atoms with E-state index in [1.54, 1.807) is 0 Å². The van der Waals surface area contributed by atoms with Crippen molar-refractivity contribution in [2.75, 3.05) is 13.1 Å². The molecule has 0 unspecified atom stereocenters. The largest absolute Gasteiger partial charge is 0.508 e. The van der Waals surface area contributed by atoms with Crippen LogP contribution in [-0.2, 0) is 35.2 Å². The van der Waals surface area contributed by atoms with Crippen LogP contribution in [0.15, 0.2) is 24.3 Å². The Labute approximate surface area is 275 Å². The summed E-state index contributed by atoms with van der Waals surface area (Å²) in [6.45, 7) is 4.45. The van der Waals surface area contributed by atoms with Crippen molar-refractivity contribution in [1.82, 2.24) is 21.3 Å². The first-order valence-electron chi connectivity index (χ1n) is 15.8. The highest BCUT2D eigenvalue weighted by molar-refractivity contribution is 5.97. The second-order valence-corrected chi connectivity index (χ2v) is 11.9.